The maximum absolute atomic E-state index is 13.3. The zero-order valence-corrected chi connectivity index (χ0v) is 16.8. The molecule has 0 unspecified atom stereocenters. The van der Waals surface area contributed by atoms with E-state index in [2.05, 4.69) is 16.1 Å². The molecule has 4 heterocycles. The number of fused-ring (bicyclic) bond motifs is 5. The minimum absolute atomic E-state index is 0. The molecule has 2 aromatic heterocycles. The van der Waals surface area contributed by atoms with Crippen LogP contribution in [0.4, 0.5) is 0 Å². The highest BCUT2D eigenvalue weighted by atomic mass is 16.5. The Morgan fingerprint density at radius 3 is 2.83 bits per heavy atom. The summed E-state index contributed by atoms with van der Waals surface area (Å²) in [6.45, 7) is 1.30. The number of hydrogen-bond acceptors (Lipinski definition) is 3. The highest BCUT2D eigenvalue weighted by Gasteiger charge is 2.45. The summed E-state index contributed by atoms with van der Waals surface area (Å²) in [4.78, 5) is 18.4. The number of piperidine rings is 1. The summed E-state index contributed by atoms with van der Waals surface area (Å²) >= 11 is 0. The van der Waals surface area contributed by atoms with Gasteiger partial charge in [0.25, 0.3) is 5.91 Å². The Bertz CT molecular complexity index is 1280. The smallest absolute Gasteiger partial charge is 0.254 e. The number of carbonyl (C=O) groups excluding carboxylic acids is 1. The van der Waals surface area contributed by atoms with E-state index in [1.807, 2.05) is 71.5 Å². The highest BCUT2D eigenvalue weighted by molar-refractivity contribution is 6.06. The lowest BCUT2D eigenvalue weighted by molar-refractivity contribution is -0.00166. The molecule has 1 saturated heterocycles. The summed E-state index contributed by atoms with van der Waals surface area (Å²) in [5.41, 5.74) is 4.63. The van der Waals surface area contributed by atoms with Crippen LogP contribution in [0.5, 0.6) is 5.75 Å². The molecule has 0 radical (unpaired) electrons. The van der Waals surface area contributed by atoms with Gasteiger partial charge >= 0.3 is 0 Å². The van der Waals surface area contributed by atoms with Crippen molar-refractivity contribution in [1.82, 2.24) is 19.7 Å². The topological polar surface area (TPSA) is 63.1 Å². The van der Waals surface area contributed by atoms with Crippen molar-refractivity contribution >= 4 is 16.8 Å². The van der Waals surface area contributed by atoms with Crippen molar-refractivity contribution in [3.05, 3.63) is 72.1 Å². The molecule has 6 rings (SSSR count). The fourth-order valence-corrected chi connectivity index (χ4v) is 4.99. The monoisotopic (exact) mass is 400 g/mol. The number of hydrogen-bond donors (Lipinski definition) is 1. The average Bonchev–Trinajstić information content (AvgIpc) is 3.41. The first kappa shape index (κ1) is 17.3. The van der Waals surface area contributed by atoms with E-state index in [0.29, 0.717) is 13.1 Å². The van der Waals surface area contributed by atoms with E-state index in [0.717, 1.165) is 51.9 Å². The molecule has 0 bridgehead atoms. The minimum atomic E-state index is -0.436. The van der Waals surface area contributed by atoms with Gasteiger partial charge in [-0.1, -0.05) is 18.2 Å². The van der Waals surface area contributed by atoms with Gasteiger partial charge in [-0.25, -0.2) is 0 Å². The minimum Gasteiger partial charge on any atom is -0.482 e. The molecule has 1 spiro atoms. The van der Waals surface area contributed by atoms with Crippen LogP contribution in [0.1, 0.15) is 30.2 Å². The van der Waals surface area contributed by atoms with E-state index in [1.54, 1.807) is 0 Å². The maximum atomic E-state index is 13.3. The lowest BCUT2D eigenvalue weighted by atomic mass is 9.81. The summed E-state index contributed by atoms with van der Waals surface area (Å²) in [6.07, 6.45) is 5.30. The van der Waals surface area contributed by atoms with Crippen molar-refractivity contribution in [3.8, 4) is 17.0 Å². The van der Waals surface area contributed by atoms with E-state index in [1.165, 1.54) is 0 Å². The number of nitrogens with one attached hydrogen (secondary N) is 1. The number of aromatic nitrogens is 3. The molecular weight excluding hydrogens is 376 g/mol. The predicted octanol–water partition coefficient (Wildman–Crippen LogP) is 4.34. The fraction of sp³-hybridized carbons (Fsp3) is 0.250. The standard InChI is InChI=1S/C24H22N4O2.H2/c1-27-22-18-5-2-3-8-21(18)30-24(19(22)15-26-27)10-13-28(14-11-24)23(29)17-6-4-7-20-16(17)9-12-25-20;/h2-9,12,15,25H,10-11,13-14H2,1H3;1H. The molecule has 1 N–H and O–H groups in total. The highest BCUT2D eigenvalue weighted by Crippen LogP contribution is 2.49. The second-order valence-electron chi connectivity index (χ2n) is 8.16. The molecule has 2 aromatic carbocycles. The largest absolute Gasteiger partial charge is 0.482 e. The Morgan fingerprint density at radius 1 is 1.13 bits per heavy atom. The normalized spacial score (nSPS) is 16.9. The van der Waals surface area contributed by atoms with Gasteiger partial charge in [-0.3, -0.25) is 9.48 Å². The number of para-hydroxylation sites is 1. The lowest BCUT2D eigenvalue weighted by Gasteiger charge is -2.44. The number of aryl methyl sites for hydroxylation is 1. The zero-order chi connectivity index (χ0) is 20.3. The number of likely N-dealkylation sites (tertiary alicyclic amines) is 1. The van der Waals surface area contributed by atoms with Gasteiger partial charge < -0.3 is 14.6 Å². The second kappa shape index (κ2) is 6.23. The number of nitrogens with zero attached hydrogens (tertiary/aromatic N) is 3. The van der Waals surface area contributed by atoms with Crippen molar-refractivity contribution in [1.29, 1.82) is 0 Å². The van der Waals surface area contributed by atoms with E-state index in [-0.39, 0.29) is 7.33 Å². The summed E-state index contributed by atoms with van der Waals surface area (Å²) < 4.78 is 8.53. The molecule has 152 valence electrons. The van der Waals surface area contributed by atoms with Crippen molar-refractivity contribution in [3.63, 3.8) is 0 Å². The van der Waals surface area contributed by atoms with Gasteiger partial charge in [0.05, 0.1) is 11.9 Å². The van der Waals surface area contributed by atoms with Crippen LogP contribution in [0.15, 0.2) is 60.9 Å². The fourth-order valence-electron chi connectivity index (χ4n) is 4.99. The average molecular weight is 400 g/mol. The summed E-state index contributed by atoms with van der Waals surface area (Å²) in [5.74, 6) is 0.975. The lowest BCUT2D eigenvalue weighted by Crippen LogP contribution is -2.49. The van der Waals surface area contributed by atoms with Gasteiger partial charge in [0.2, 0.25) is 0 Å². The Balaban J connectivity index is 0.00000204. The van der Waals surface area contributed by atoms with Crippen LogP contribution in [0, 0.1) is 0 Å². The summed E-state index contributed by atoms with van der Waals surface area (Å²) in [5, 5.41) is 5.50. The Morgan fingerprint density at radius 2 is 1.97 bits per heavy atom. The van der Waals surface area contributed by atoms with Crippen LogP contribution in [-0.4, -0.2) is 38.7 Å². The molecule has 1 fully saturated rings. The third-order valence-electron chi connectivity index (χ3n) is 6.56. The van der Waals surface area contributed by atoms with Gasteiger partial charge in [0.15, 0.2) is 0 Å². The molecule has 2 aliphatic heterocycles. The first-order chi connectivity index (χ1) is 14.7. The summed E-state index contributed by atoms with van der Waals surface area (Å²) in [7, 11) is 1.98. The third-order valence-corrected chi connectivity index (χ3v) is 6.56. The summed E-state index contributed by atoms with van der Waals surface area (Å²) in [6, 6.07) is 15.9. The molecule has 4 aromatic rings. The van der Waals surface area contributed by atoms with Crippen LogP contribution in [0.3, 0.4) is 0 Å². The van der Waals surface area contributed by atoms with Crippen LogP contribution in [0.25, 0.3) is 22.2 Å². The number of ether oxygens (including phenoxy) is 1. The molecule has 0 atom stereocenters. The third kappa shape index (κ3) is 2.36. The van der Waals surface area contributed by atoms with Gasteiger partial charge in [0, 0.05) is 68.2 Å². The van der Waals surface area contributed by atoms with Gasteiger partial charge in [-0.15, -0.1) is 0 Å². The van der Waals surface area contributed by atoms with Crippen LogP contribution in [0.2, 0.25) is 0 Å². The van der Waals surface area contributed by atoms with E-state index < -0.39 is 5.60 Å². The number of benzene rings is 2. The molecular formula is C24H24N4O2. The zero-order valence-electron chi connectivity index (χ0n) is 16.8. The number of H-pyrrole nitrogens is 1. The molecule has 30 heavy (non-hydrogen) atoms. The van der Waals surface area contributed by atoms with Gasteiger partial charge in [-0.2, -0.15) is 5.10 Å². The number of amides is 1. The first-order valence-corrected chi connectivity index (χ1v) is 10.3. The van der Waals surface area contributed by atoms with Crippen LogP contribution in [-0.2, 0) is 12.6 Å². The number of aromatic amines is 1. The van der Waals surface area contributed by atoms with Gasteiger partial charge in [0.1, 0.15) is 11.4 Å². The van der Waals surface area contributed by atoms with Gasteiger partial charge in [-0.05, 0) is 30.3 Å². The quantitative estimate of drug-likeness (QED) is 0.517. The van der Waals surface area contributed by atoms with Crippen molar-refractivity contribution in [2.45, 2.75) is 18.4 Å². The molecule has 6 heteroatoms. The van der Waals surface area contributed by atoms with Crippen molar-refractivity contribution < 1.29 is 11.0 Å². The Labute approximate surface area is 175 Å². The number of rotatable bonds is 1. The number of carbonyl (C=O) groups is 1. The Kier molecular flexibility index (Phi) is 3.60. The van der Waals surface area contributed by atoms with E-state index >= 15 is 0 Å². The van der Waals surface area contributed by atoms with Crippen LogP contribution >= 0.6 is 0 Å². The van der Waals surface area contributed by atoms with E-state index in [4.69, 9.17) is 4.74 Å². The SMILES string of the molecule is Cn1ncc2c1-c1ccccc1OC21CCN(C(=O)c2cccc3[nH]ccc23)CC1.[HH]. The van der Waals surface area contributed by atoms with Crippen molar-refractivity contribution in [2.75, 3.05) is 13.1 Å². The first-order valence-electron chi connectivity index (χ1n) is 10.3. The molecule has 1 amide bonds. The van der Waals surface area contributed by atoms with E-state index in [9.17, 15) is 4.79 Å². The van der Waals surface area contributed by atoms with Crippen LogP contribution < -0.4 is 4.74 Å². The molecule has 2 aliphatic rings. The molecule has 6 nitrogen and oxygen atoms in total. The molecule has 0 aliphatic carbocycles. The maximum Gasteiger partial charge on any atom is 0.254 e. The second-order valence-corrected chi connectivity index (χ2v) is 8.16. The Hall–Kier alpha value is -3.54. The van der Waals surface area contributed by atoms with Crippen molar-refractivity contribution in [2.24, 2.45) is 7.05 Å². The predicted molar refractivity (Wildman–Crippen MR) is 117 cm³/mol. The molecule has 0 saturated carbocycles.